The van der Waals surface area contributed by atoms with Gasteiger partial charge in [0.2, 0.25) is 0 Å². The van der Waals surface area contributed by atoms with Crippen LogP contribution < -0.4 is 0 Å². The van der Waals surface area contributed by atoms with Crippen molar-refractivity contribution in [3.05, 3.63) is 30.1 Å². The average molecular weight is 330 g/mol. The van der Waals surface area contributed by atoms with Crippen molar-refractivity contribution in [2.24, 2.45) is 0 Å². The molecule has 1 aromatic heterocycles. The van der Waals surface area contributed by atoms with Crippen LogP contribution in [0.25, 0.3) is 11.0 Å². The summed E-state index contributed by atoms with van der Waals surface area (Å²) >= 11 is 0. The number of nitrogens with one attached hydrogen (secondary N) is 1. The zero-order valence-electron chi connectivity index (χ0n) is 14.7. The van der Waals surface area contributed by atoms with Crippen molar-refractivity contribution in [1.29, 1.82) is 0 Å². The van der Waals surface area contributed by atoms with Crippen molar-refractivity contribution >= 4 is 16.9 Å². The highest BCUT2D eigenvalue weighted by Crippen LogP contribution is 2.20. The number of aromatic nitrogens is 2. The van der Waals surface area contributed by atoms with Gasteiger partial charge in [-0.1, -0.05) is 0 Å². The van der Waals surface area contributed by atoms with Crippen LogP contribution in [-0.2, 0) is 4.74 Å². The van der Waals surface area contributed by atoms with E-state index < -0.39 is 0 Å². The number of nitrogens with zero attached hydrogens (tertiary/aromatic N) is 3. The van der Waals surface area contributed by atoms with Crippen molar-refractivity contribution in [2.45, 2.75) is 32.4 Å². The number of amides is 1. The molecule has 6 nitrogen and oxygen atoms in total. The summed E-state index contributed by atoms with van der Waals surface area (Å²) in [4.78, 5) is 24.6. The normalized spacial score (nSPS) is 22.2. The van der Waals surface area contributed by atoms with E-state index in [1.54, 1.807) is 13.4 Å². The fourth-order valence-corrected chi connectivity index (χ4v) is 3.61. The molecule has 2 heterocycles. The zero-order chi connectivity index (χ0) is 17.1. The molecule has 1 amide bonds. The van der Waals surface area contributed by atoms with Gasteiger partial charge in [-0.05, 0) is 38.5 Å². The number of benzene rings is 1. The Morgan fingerprint density at radius 2 is 2.08 bits per heavy atom. The summed E-state index contributed by atoms with van der Waals surface area (Å²) in [6.45, 7) is 7.71. The number of carbonyl (C=O) groups excluding carboxylic acids is 1. The highest BCUT2D eigenvalue weighted by molar-refractivity contribution is 5.97. The van der Waals surface area contributed by atoms with Crippen LogP contribution in [0.2, 0.25) is 0 Å². The zero-order valence-corrected chi connectivity index (χ0v) is 14.7. The van der Waals surface area contributed by atoms with Crippen LogP contribution in [0, 0.1) is 0 Å². The van der Waals surface area contributed by atoms with Gasteiger partial charge in [0.15, 0.2) is 0 Å². The van der Waals surface area contributed by atoms with Crippen molar-refractivity contribution in [1.82, 2.24) is 19.8 Å². The van der Waals surface area contributed by atoms with E-state index in [4.69, 9.17) is 4.74 Å². The monoisotopic (exact) mass is 330 g/mol. The lowest BCUT2D eigenvalue weighted by molar-refractivity contribution is 0.0270. The Bertz CT molecular complexity index is 687. The van der Waals surface area contributed by atoms with Crippen LogP contribution in [0.3, 0.4) is 0 Å². The standard InChI is InChI=1S/C18H26N4O2/c1-13-10-21(11-14(2)22(13)7-4-8-24-3)18(23)15-5-6-16-17(9-15)20-12-19-16/h5-6,9,12-14H,4,7-8,10-11H2,1-3H3,(H,19,20). The third-order valence-corrected chi connectivity index (χ3v) is 4.82. The van der Waals surface area contributed by atoms with E-state index in [1.807, 2.05) is 23.1 Å². The van der Waals surface area contributed by atoms with E-state index >= 15 is 0 Å². The fraction of sp³-hybridized carbons (Fsp3) is 0.556. The summed E-state index contributed by atoms with van der Waals surface area (Å²) < 4.78 is 5.15. The number of rotatable bonds is 5. The summed E-state index contributed by atoms with van der Waals surface area (Å²) in [7, 11) is 1.74. The second kappa shape index (κ2) is 7.32. The van der Waals surface area contributed by atoms with Crippen LogP contribution in [0.4, 0.5) is 0 Å². The molecule has 0 aliphatic carbocycles. The van der Waals surface area contributed by atoms with Gasteiger partial charge in [0, 0.05) is 51.0 Å². The molecule has 130 valence electrons. The van der Waals surface area contributed by atoms with Crippen molar-refractivity contribution < 1.29 is 9.53 Å². The van der Waals surface area contributed by atoms with E-state index in [1.165, 1.54) is 0 Å². The van der Waals surface area contributed by atoms with E-state index in [9.17, 15) is 4.79 Å². The molecule has 1 fully saturated rings. The second-order valence-corrected chi connectivity index (χ2v) is 6.63. The van der Waals surface area contributed by atoms with Gasteiger partial charge in [0.1, 0.15) is 0 Å². The number of methoxy groups -OCH3 is 1. The Morgan fingerprint density at radius 1 is 1.33 bits per heavy atom. The fourth-order valence-electron chi connectivity index (χ4n) is 3.61. The molecular formula is C18H26N4O2. The number of hydrogen-bond acceptors (Lipinski definition) is 4. The number of H-pyrrole nitrogens is 1. The predicted octanol–water partition coefficient (Wildman–Crippen LogP) is 2.13. The Kier molecular flexibility index (Phi) is 5.16. The van der Waals surface area contributed by atoms with Gasteiger partial charge in [0.25, 0.3) is 5.91 Å². The molecule has 3 rings (SSSR count). The number of aromatic amines is 1. The van der Waals surface area contributed by atoms with Gasteiger partial charge < -0.3 is 14.6 Å². The lowest BCUT2D eigenvalue weighted by Gasteiger charge is -2.44. The summed E-state index contributed by atoms with van der Waals surface area (Å²) in [6, 6.07) is 6.36. The number of hydrogen-bond donors (Lipinski definition) is 1. The molecule has 2 atom stereocenters. The van der Waals surface area contributed by atoms with Crippen LogP contribution in [-0.4, -0.2) is 71.1 Å². The second-order valence-electron chi connectivity index (χ2n) is 6.63. The molecule has 2 unspecified atom stereocenters. The largest absolute Gasteiger partial charge is 0.385 e. The molecule has 2 aromatic rings. The van der Waals surface area contributed by atoms with E-state index in [0.29, 0.717) is 12.1 Å². The number of imidazole rings is 1. The Hall–Kier alpha value is -1.92. The summed E-state index contributed by atoms with van der Waals surface area (Å²) in [5, 5.41) is 0. The van der Waals surface area contributed by atoms with E-state index in [2.05, 4.69) is 28.7 Å². The highest BCUT2D eigenvalue weighted by atomic mass is 16.5. The molecule has 0 spiro atoms. The van der Waals surface area contributed by atoms with Crippen LogP contribution in [0.1, 0.15) is 30.6 Å². The number of ether oxygens (including phenoxy) is 1. The Balaban J connectivity index is 1.68. The summed E-state index contributed by atoms with van der Waals surface area (Å²) in [6.07, 6.45) is 2.68. The average Bonchev–Trinajstić information content (AvgIpc) is 3.04. The van der Waals surface area contributed by atoms with Gasteiger partial charge >= 0.3 is 0 Å². The predicted molar refractivity (Wildman–Crippen MR) is 94.1 cm³/mol. The van der Waals surface area contributed by atoms with E-state index in [0.717, 1.165) is 49.3 Å². The Morgan fingerprint density at radius 3 is 2.79 bits per heavy atom. The molecule has 0 radical (unpaired) electrons. The molecule has 1 saturated heterocycles. The maximum Gasteiger partial charge on any atom is 0.254 e. The molecule has 24 heavy (non-hydrogen) atoms. The first-order valence-electron chi connectivity index (χ1n) is 8.57. The minimum Gasteiger partial charge on any atom is -0.385 e. The molecular weight excluding hydrogens is 304 g/mol. The number of fused-ring (bicyclic) bond motifs is 1. The Labute approximate surface area is 142 Å². The first-order chi connectivity index (χ1) is 11.6. The topological polar surface area (TPSA) is 61.5 Å². The van der Waals surface area contributed by atoms with Crippen molar-refractivity contribution in [3.63, 3.8) is 0 Å². The van der Waals surface area contributed by atoms with Crippen LogP contribution >= 0.6 is 0 Å². The smallest absolute Gasteiger partial charge is 0.254 e. The van der Waals surface area contributed by atoms with Gasteiger partial charge in [-0.3, -0.25) is 9.69 Å². The van der Waals surface area contributed by atoms with Gasteiger partial charge in [-0.2, -0.15) is 0 Å². The first kappa shape index (κ1) is 16.9. The SMILES string of the molecule is COCCCN1C(C)CN(C(=O)c2ccc3nc[nH]c3c2)CC1C. The molecule has 0 saturated carbocycles. The molecule has 1 N–H and O–H groups in total. The molecule has 6 heteroatoms. The number of carbonyl (C=O) groups is 1. The molecule has 0 bridgehead atoms. The maximum atomic E-state index is 12.9. The summed E-state index contributed by atoms with van der Waals surface area (Å²) in [5.74, 6) is 0.0988. The first-order valence-corrected chi connectivity index (χ1v) is 8.57. The van der Waals surface area contributed by atoms with Crippen molar-refractivity contribution in [2.75, 3.05) is 33.4 Å². The van der Waals surface area contributed by atoms with Crippen molar-refractivity contribution in [3.8, 4) is 0 Å². The molecule has 1 aromatic carbocycles. The number of piperazine rings is 1. The lowest BCUT2D eigenvalue weighted by Crippen LogP contribution is -2.58. The third kappa shape index (κ3) is 3.44. The van der Waals surface area contributed by atoms with Gasteiger partial charge in [-0.15, -0.1) is 0 Å². The highest BCUT2D eigenvalue weighted by Gasteiger charge is 2.31. The minimum absolute atomic E-state index is 0.0988. The summed E-state index contributed by atoms with van der Waals surface area (Å²) in [5.41, 5.74) is 2.51. The van der Waals surface area contributed by atoms with E-state index in [-0.39, 0.29) is 5.91 Å². The van der Waals surface area contributed by atoms with Crippen LogP contribution in [0.5, 0.6) is 0 Å². The maximum absolute atomic E-state index is 12.9. The van der Waals surface area contributed by atoms with Crippen LogP contribution in [0.15, 0.2) is 24.5 Å². The van der Waals surface area contributed by atoms with Gasteiger partial charge in [0.05, 0.1) is 17.4 Å². The third-order valence-electron chi connectivity index (χ3n) is 4.82. The van der Waals surface area contributed by atoms with Gasteiger partial charge in [-0.25, -0.2) is 4.98 Å². The lowest BCUT2D eigenvalue weighted by atomic mass is 10.1. The quantitative estimate of drug-likeness (QED) is 0.853. The minimum atomic E-state index is 0.0988. The molecule has 1 aliphatic heterocycles. The molecule has 1 aliphatic rings.